The van der Waals surface area contributed by atoms with Crippen molar-refractivity contribution in [2.75, 3.05) is 18.4 Å². The molecule has 0 fully saturated rings. The molecule has 19 heavy (non-hydrogen) atoms. The zero-order chi connectivity index (χ0) is 13.9. The maximum Gasteiger partial charge on any atom is 0.227 e. The predicted octanol–water partition coefficient (Wildman–Crippen LogP) is 2.14. The lowest BCUT2D eigenvalue weighted by Crippen LogP contribution is -2.41. The van der Waals surface area contributed by atoms with Gasteiger partial charge in [0, 0.05) is 13.1 Å². The minimum Gasteiger partial charge on any atom is -0.356 e. The zero-order valence-electron chi connectivity index (χ0n) is 11.6. The standard InChI is InChI=1S/C14H20N4O/c1-4-15-12(19)14(2,3)9-16-13-17-10-7-5-6-8-11(10)18-13/h5-8H,4,9H2,1-3H3,(H,15,19)(H2,16,17,18). The van der Waals surface area contributed by atoms with E-state index in [0.717, 1.165) is 11.0 Å². The minimum absolute atomic E-state index is 0.0404. The van der Waals surface area contributed by atoms with E-state index in [4.69, 9.17) is 0 Å². The van der Waals surface area contributed by atoms with Gasteiger partial charge >= 0.3 is 0 Å². The van der Waals surface area contributed by atoms with Gasteiger partial charge in [0.1, 0.15) is 0 Å². The molecule has 0 spiro atoms. The Morgan fingerprint density at radius 2 is 2.11 bits per heavy atom. The van der Waals surface area contributed by atoms with Gasteiger partial charge in [0.05, 0.1) is 16.4 Å². The smallest absolute Gasteiger partial charge is 0.227 e. The number of carbonyl (C=O) groups excluding carboxylic acids is 1. The summed E-state index contributed by atoms with van der Waals surface area (Å²) in [5.41, 5.74) is 1.43. The maximum atomic E-state index is 11.9. The van der Waals surface area contributed by atoms with Gasteiger partial charge in [-0.1, -0.05) is 12.1 Å². The lowest BCUT2D eigenvalue weighted by atomic mass is 9.92. The Balaban J connectivity index is 2.03. The fourth-order valence-corrected chi connectivity index (χ4v) is 1.82. The Bertz CT molecular complexity index is 541. The lowest BCUT2D eigenvalue weighted by Gasteiger charge is -2.23. The van der Waals surface area contributed by atoms with Crippen molar-refractivity contribution in [2.45, 2.75) is 20.8 Å². The van der Waals surface area contributed by atoms with E-state index in [9.17, 15) is 4.79 Å². The van der Waals surface area contributed by atoms with Gasteiger partial charge in [0.2, 0.25) is 11.9 Å². The average molecular weight is 260 g/mol. The van der Waals surface area contributed by atoms with Gasteiger partial charge in [0.15, 0.2) is 0 Å². The van der Waals surface area contributed by atoms with Gasteiger partial charge in [-0.3, -0.25) is 4.79 Å². The molecule has 5 heteroatoms. The maximum absolute atomic E-state index is 11.9. The number of rotatable bonds is 5. The van der Waals surface area contributed by atoms with Crippen molar-refractivity contribution in [3.05, 3.63) is 24.3 Å². The third-order valence-electron chi connectivity index (χ3n) is 3.04. The van der Waals surface area contributed by atoms with E-state index >= 15 is 0 Å². The van der Waals surface area contributed by atoms with Crippen LogP contribution in [0.15, 0.2) is 24.3 Å². The Morgan fingerprint density at radius 3 is 2.79 bits per heavy atom. The first kappa shape index (κ1) is 13.4. The molecule has 102 valence electrons. The van der Waals surface area contributed by atoms with Crippen LogP contribution >= 0.6 is 0 Å². The Kier molecular flexibility index (Phi) is 3.74. The number of hydrogen-bond acceptors (Lipinski definition) is 3. The molecule has 0 unspecified atom stereocenters. The number of imidazole rings is 1. The quantitative estimate of drug-likeness (QED) is 0.771. The van der Waals surface area contributed by atoms with Crippen LogP contribution in [0.2, 0.25) is 0 Å². The van der Waals surface area contributed by atoms with Crippen molar-refractivity contribution in [3.63, 3.8) is 0 Å². The number of benzene rings is 1. The molecule has 1 aromatic heterocycles. The molecule has 0 saturated heterocycles. The summed E-state index contributed by atoms with van der Waals surface area (Å²) in [5.74, 6) is 0.734. The van der Waals surface area contributed by atoms with E-state index in [1.165, 1.54) is 0 Å². The summed E-state index contributed by atoms with van der Waals surface area (Å²) in [5, 5.41) is 6.03. The monoisotopic (exact) mass is 260 g/mol. The number of carbonyl (C=O) groups is 1. The molecule has 0 saturated carbocycles. The number of fused-ring (bicyclic) bond motifs is 1. The Labute approximate surface area is 112 Å². The third kappa shape index (κ3) is 3.05. The molecule has 0 aliphatic carbocycles. The highest BCUT2D eigenvalue weighted by Crippen LogP contribution is 2.18. The largest absolute Gasteiger partial charge is 0.356 e. The van der Waals surface area contributed by atoms with Crippen LogP contribution in [0.25, 0.3) is 11.0 Å². The summed E-state index contributed by atoms with van der Waals surface area (Å²) < 4.78 is 0. The predicted molar refractivity (Wildman–Crippen MR) is 77.0 cm³/mol. The van der Waals surface area contributed by atoms with Crippen LogP contribution in [0.1, 0.15) is 20.8 Å². The molecule has 1 aromatic carbocycles. The van der Waals surface area contributed by atoms with Crippen LogP contribution in [0, 0.1) is 5.41 Å². The molecule has 5 nitrogen and oxygen atoms in total. The number of amides is 1. The normalized spacial score (nSPS) is 11.5. The van der Waals surface area contributed by atoms with E-state index in [0.29, 0.717) is 19.0 Å². The van der Waals surface area contributed by atoms with E-state index in [1.54, 1.807) is 0 Å². The second-order valence-electron chi connectivity index (χ2n) is 5.20. The van der Waals surface area contributed by atoms with Gasteiger partial charge in [-0.25, -0.2) is 4.98 Å². The van der Waals surface area contributed by atoms with Crippen molar-refractivity contribution in [2.24, 2.45) is 5.41 Å². The van der Waals surface area contributed by atoms with Gasteiger partial charge in [-0.2, -0.15) is 0 Å². The SMILES string of the molecule is CCNC(=O)C(C)(C)CNc1nc2ccccc2[nH]1. The number of aromatic amines is 1. The number of nitrogens with one attached hydrogen (secondary N) is 3. The summed E-state index contributed by atoms with van der Waals surface area (Å²) in [6, 6.07) is 7.84. The highest BCUT2D eigenvalue weighted by atomic mass is 16.2. The highest BCUT2D eigenvalue weighted by molar-refractivity contribution is 5.82. The fourth-order valence-electron chi connectivity index (χ4n) is 1.82. The summed E-state index contributed by atoms with van der Waals surface area (Å²) in [4.78, 5) is 19.5. The molecular weight excluding hydrogens is 240 g/mol. The number of aromatic nitrogens is 2. The molecule has 1 amide bonds. The first-order valence-electron chi connectivity index (χ1n) is 6.50. The van der Waals surface area contributed by atoms with Crippen LogP contribution in [0.3, 0.4) is 0 Å². The van der Waals surface area contributed by atoms with Crippen molar-refractivity contribution in [3.8, 4) is 0 Å². The van der Waals surface area contributed by atoms with Gasteiger partial charge in [0.25, 0.3) is 0 Å². The summed E-state index contributed by atoms with van der Waals surface area (Å²) >= 11 is 0. The second-order valence-corrected chi connectivity index (χ2v) is 5.20. The van der Waals surface area contributed by atoms with Crippen LogP contribution in [-0.2, 0) is 4.79 Å². The van der Waals surface area contributed by atoms with Gasteiger partial charge in [-0.05, 0) is 32.9 Å². The molecular formula is C14H20N4O. The molecule has 1 heterocycles. The molecule has 0 bridgehead atoms. The first-order chi connectivity index (χ1) is 9.03. The van der Waals surface area contributed by atoms with Crippen LogP contribution in [-0.4, -0.2) is 29.0 Å². The van der Waals surface area contributed by atoms with Gasteiger partial charge < -0.3 is 15.6 Å². The molecule has 0 atom stereocenters. The fraction of sp³-hybridized carbons (Fsp3) is 0.429. The van der Waals surface area contributed by atoms with E-state index < -0.39 is 5.41 Å². The molecule has 0 aliphatic rings. The average Bonchev–Trinajstić information content (AvgIpc) is 2.79. The number of H-pyrrole nitrogens is 1. The van der Waals surface area contributed by atoms with Crippen molar-refractivity contribution >= 4 is 22.9 Å². The van der Waals surface area contributed by atoms with E-state index in [1.807, 2.05) is 45.0 Å². The second kappa shape index (κ2) is 5.30. The summed E-state index contributed by atoms with van der Waals surface area (Å²) in [7, 11) is 0. The Hall–Kier alpha value is -2.04. The molecule has 0 radical (unpaired) electrons. The zero-order valence-corrected chi connectivity index (χ0v) is 11.6. The molecule has 0 aliphatic heterocycles. The highest BCUT2D eigenvalue weighted by Gasteiger charge is 2.27. The molecule has 3 N–H and O–H groups in total. The first-order valence-corrected chi connectivity index (χ1v) is 6.50. The molecule has 2 rings (SSSR count). The topological polar surface area (TPSA) is 69.8 Å². The number of anilines is 1. The summed E-state index contributed by atoms with van der Waals surface area (Å²) in [6.07, 6.45) is 0. The van der Waals surface area contributed by atoms with Crippen LogP contribution in [0.5, 0.6) is 0 Å². The number of nitrogens with zero attached hydrogens (tertiary/aromatic N) is 1. The van der Waals surface area contributed by atoms with Crippen molar-refractivity contribution < 1.29 is 4.79 Å². The van der Waals surface area contributed by atoms with Gasteiger partial charge in [-0.15, -0.1) is 0 Å². The molecule has 2 aromatic rings. The van der Waals surface area contributed by atoms with Crippen LogP contribution in [0.4, 0.5) is 5.95 Å². The van der Waals surface area contributed by atoms with Crippen molar-refractivity contribution in [1.29, 1.82) is 0 Å². The Morgan fingerprint density at radius 1 is 1.37 bits per heavy atom. The third-order valence-corrected chi connectivity index (χ3v) is 3.04. The number of para-hydroxylation sites is 2. The van der Waals surface area contributed by atoms with E-state index in [-0.39, 0.29) is 5.91 Å². The lowest BCUT2D eigenvalue weighted by molar-refractivity contribution is -0.128. The van der Waals surface area contributed by atoms with Crippen LogP contribution < -0.4 is 10.6 Å². The number of hydrogen-bond donors (Lipinski definition) is 3. The summed E-state index contributed by atoms with van der Waals surface area (Å²) in [6.45, 7) is 6.91. The minimum atomic E-state index is -0.477. The van der Waals surface area contributed by atoms with Crippen molar-refractivity contribution in [1.82, 2.24) is 15.3 Å². The van der Waals surface area contributed by atoms with E-state index in [2.05, 4.69) is 20.6 Å².